The van der Waals surface area contributed by atoms with Gasteiger partial charge in [0.15, 0.2) is 11.6 Å². The summed E-state index contributed by atoms with van der Waals surface area (Å²) in [5.74, 6) is -3.65. The lowest BCUT2D eigenvalue weighted by atomic mass is 10.1. The molecule has 1 N–H and O–H groups in total. The zero-order valence-corrected chi connectivity index (χ0v) is 11.0. The van der Waals surface area contributed by atoms with Crippen LogP contribution in [0.4, 0.5) is 8.78 Å². The van der Waals surface area contributed by atoms with Gasteiger partial charge in [0, 0.05) is 12.5 Å². The van der Waals surface area contributed by atoms with Gasteiger partial charge in [0.2, 0.25) is 5.91 Å². The third kappa shape index (κ3) is 2.95. The maximum absolute atomic E-state index is 13.1. The van der Waals surface area contributed by atoms with E-state index in [1.807, 2.05) is 0 Å². The molecule has 0 bridgehead atoms. The molecule has 4 nitrogen and oxygen atoms in total. The Morgan fingerprint density at radius 2 is 2.05 bits per heavy atom. The van der Waals surface area contributed by atoms with Crippen molar-refractivity contribution in [3.63, 3.8) is 0 Å². The van der Waals surface area contributed by atoms with Crippen LogP contribution in [0.15, 0.2) is 18.2 Å². The maximum Gasteiger partial charge on any atom is 0.323 e. The van der Waals surface area contributed by atoms with Gasteiger partial charge < -0.3 is 10.0 Å². The van der Waals surface area contributed by atoms with Crippen LogP contribution in [0.5, 0.6) is 0 Å². The van der Waals surface area contributed by atoms with Gasteiger partial charge in [-0.3, -0.25) is 9.59 Å². The zero-order chi connectivity index (χ0) is 14.9. The van der Waals surface area contributed by atoms with Gasteiger partial charge in [0.1, 0.15) is 6.54 Å². The molecule has 1 aromatic carbocycles. The molecule has 1 aliphatic rings. The Balaban J connectivity index is 2.04. The van der Waals surface area contributed by atoms with Gasteiger partial charge in [-0.25, -0.2) is 8.78 Å². The molecule has 1 aliphatic carbocycles. The quantitative estimate of drug-likeness (QED) is 0.899. The summed E-state index contributed by atoms with van der Waals surface area (Å²) < 4.78 is 26.0. The molecule has 6 heteroatoms. The van der Waals surface area contributed by atoms with Crippen molar-refractivity contribution in [3.05, 3.63) is 35.4 Å². The molecular weight excluding hydrogens is 268 g/mol. The monoisotopic (exact) mass is 283 g/mol. The lowest BCUT2D eigenvalue weighted by Gasteiger charge is -2.18. The molecule has 108 valence electrons. The minimum Gasteiger partial charge on any atom is -0.480 e. The molecule has 0 heterocycles. The molecule has 0 spiro atoms. The van der Waals surface area contributed by atoms with Gasteiger partial charge in [0.05, 0.1) is 0 Å². The van der Waals surface area contributed by atoms with E-state index in [-0.39, 0.29) is 24.3 Å². The summed E-state index contributed by atoms with van der Waals surface area (Å²) in [6, 6.07) is 3.60. The number of likely N-dealkylation sites (N-methyl/N-ethyl adjacent to an activating group) is 1. The molecule has 1 fully saturated rings. The highest BCUT2D eigenvalue weighted by molar-refractivity contribution is 5.86. The Labute approximate surface area is 115 Å². The minimum atomic E-state index is -1.06. The smallest absolute Gasteiger partial charge is 0.323 e. The number of benzene rings is 1. The fraction of sp³-hybridized carbons (Fsp3) is 0.429. The van der Waals surface area contributed by atoms with Gasteiger partial charge in [-0.2, -0.15) is 0 Å². The number of halogens is 2. The summed E-state index contributed by atoms with van der Waals surface area (Å²) in [4.78, 5) is 24.0. The van der Waals surface area contributed by atoms with Crippen LogP contribution in [0.2, 0.25) is 0 Å². The number of hydrogen-bond donors (Lipinski definition) is 1. The normalized spacial score (nSPS) is 20.6. The van der Waals surface area contributed by atoms with Crippen LogP contribution in [-0.2, 0) is 9.59 Å². The summed E-state index contributed by atoms with van der Waals surface area (Å²) in [5.41, 5.74) is 0.577. The van der Waals surface area contributed by atoms with E-state index in [1.165, 1.54) is 11.0 Å². The summed E-state index contributed by atoms with van der Waals surface area (Å²) in [7, 11) is 0. The van der Waals surface area contributed by atoms with E-state index in [9.17, 15) is 18.4 Å². The lowest BCUT2D eigenvalue weighted by molar-refractivity contribution is -0.144. The molecule has 20 heavy (non-hydrogen) atoms. The van der Waals surface area contributed by atoms with Crippen molar-refractivity contribution in [2.75, 3.05) is 13.1 Å². The first-order chi connectivity index (χ1) is 9.43. The van der Waals surface area contributed by atoms with Crippen molar-refractivity contribution >= 4 is 11.9 Å². The van der Waals surface area contributed by atoms with Crippen molar-refractivity contribution in [3.8, 4) is 0 Å². The molecule has 0 aromatic heterocycles. The second-order valence-electron chi connectivity index (χ2n) is 4.87. The second-order valence-corrected chi connectivity index (χ2v) is 4.87. The van der Waals surface area contributed by atoms with Crippen molar-refractivity contribution in [2.45, 2.75) is 19.3 Å². The Morgan fingerprint density at radius 1 is 1.35 bits per heavy atom. The molecule has 0 radical (unpaired) electrons. The van der Waals surface area contributed by atoms with Crippen LogP contribution in [0.25, 0.3) is 0 Å². The van der Waals surface area contributed by atoms with Crippen molar-refractivity contribution < 1.29 is 23.5 Å². The van der Waals surface area contributed by atoms with E-state index < -0.39 is 17.6 Å². The van der Waals surface area contributed by atoms with Crippen molar-refractivity contribution in [1.29, 1.82) is 0 Å². The lowest BCUT2D eigenvalue weighted by Crippen LogP contribution is -2.36. The highest BCUT2D eigenvalue weighted by Gasteiger charge is 2.45. The average molecular weight is 283 g/mol. The van der Waals surface area contributed by atoms with Crippen LogP contribution in [-0.4, -0.2) is 35.0 Å². The molecule has 1 aromatic rings. The molecule has 0 saturated heterocycles. The number of carboxylic acid groups (broad SMARTS) is 1. The number of carboxylic acids is 1. The Morgan fingerprint density at radius 3 is 2.60 bits per heavy atom. The molecule has 2 atom stereocenters. The predicted molar refractivity (Wildman–Crippen MR) is 67.1 cm³/mol. The van der Waals surface area contributed by atoms with Crippen molar-refractivity contribution in [1.82, 2.24) is 4.90 Å². The molecule has 1 amide bonds. The molecule has 0 aliphatic heterocycles. The first-order valence-electron chi connectivity index (χ1n) is 6.39. The van der Waals surface area contributed by atoms with E-state index in [0.29, 0.717) is 18.5 Å². The van der Waals surface area contributed by atoms with Gasteiger partial charge in [0.25, 0.3) is 0 Å². The Kier molecular flexibility index (Phi) is 4.01. The van der Waals surface area contributed by atoms with Gasteiger partial charge in [-0.05, 0) is 37.0 Å². The van der Waals surface area contributed by atoms with E-state index in [4.69, 9.17) is 5.11 Å². The zero-order valence-electron chi connectivity index (χ0n) is 11.0. The van der Waals surface area contributed by atoms with E-state index in [2.05, 4.69) is 0 Å². The number of carbonyl (C=O) groups excluding carboxylic acids is 1. The predicted octanol–water partition coefficient (Wildman–Crippen LogP) is 2.00. The fourth-order valence-corrected chi connectivity index (χ4v) is 2.32. The van der Waals surface area contributed by atoms with Gasteiger partial charge >= 0.3 is 5.97 Å². The minimum absolute atomic E-state index is 0.152. The highest BCUT2D eigenvalue weighted by atomic mass is 19.2. The number of aliphatic carboxylic acids is 1. The van der Waals surface area contributed by atoms with E-state index in [1.54, 1.807) is 6.92 Å². The van der Waals surface area contributed by atoms with Crippen molar-refractivity contribution in [2.24, 2.45) is 5.92 Å². The average Bonchev–Trinajstić information content (AvgIpc) is 3.18. The number of hydrogen-bond acceptors (Lipinski definition) is 2. The Bertz CT molecular complexity index is 547. The summed E-state index contributed by atoms with van der Waals surface area (Å²) in [5, 5.41) is 8.73. The summed E-state index contributed by atoms with van der Waals surface area (Å²) >= 11 is 0. The number of nitrogens with zero attached hydrogens (tertiary/aromatic N) is 1. The molecular formula is C14H15F2NO3. The van der Waals surface area contributed by atoms with Crippen LogP contribution >= 0.6 is 0 Å². The first kappa shape index (κ1) is 14.4. The number of rotatable bonds is 5. The van der Waals surface area contributed by atoms with E-state index in [0.717, 1.165) is 12.1 Å². The first-order valence-corrected chi connectivity index (χ1v) is 6.39. The summed E-state index contributed by atoms with van der Waals surface area (Å²) in [6.07, 6.45) is 0.542. The molecule has 2 rings (SSSR count). The van der Waals surface area contributed by atoms with Crippen LogP contribution in [0.1, 0.15) is 24.8 Å². The van der Waals surface area contributed by atoms with Gasteiger partial charge in [-0.1, -0.05) is 6.07 Å². The third-order valence-corrected chi connectivity index (χ3v) is 3.50. The summed E-state index contributed by atoms with van der Waals surface area (Å²) in [6.45, 7) is 1.68. The maximum atomic E-state index is 13.1. The SMILES string of the molecule is CCN(CC(=O)O)C(=O)[C@@H]1C[C@@H]1c1ccc(F)c(F)c1. The molecule has 0 unspecified atom stereocenters. The van der Waals surface area contributed by atoms with Gasteiger partial charge in [-0.15, -0.1) is 0 Å². The van der Waals surface area contributed by atoms with Crippen LogP contribution < -0.4 is 0 Å². The fourth-order valence-electron chi connectivity index (χ4n) is 2.32. The standard InChI is InChI=1S/C14H15F2NO3/c1-2-17(7-13(18)19)14(20)10-6-9(10)8-3-4-11(15)12(16)5-8/h3-5,9-10H,2,6-7H2,1H3,(H,18,19)/t9-,10-/m1/s1. The number of amides is 1. The third-order valence-electron chi connectivity index (χ3n) is 3.50. The second kappa shape index (κ2) is 5.56. The van der Waals surface area contributed by atoms with Crippen LogP contribution in [0, 0.1) is 17.6 Å². The number of carbonyl (C=O) groups is 2. The topological polar surface area (TPSA) is 57.6 Å². The highest BCUT2D eigenvalue weighted by Crippen LogP contribution is 2.48. The van der Waals surface area contributed by atoms with E-state index >= 15 is 0 Å². The Hall–Kier alpha value is -1.98. The van der Waals surface area contributed by atoms with Crippen LogP contribution in [0.3, 0.4) is 0 Å². The molecule has 1 saturated carbocycles. The largest absolute Gasteiger partial charge is 0.480 e.